The number of hydrogen-bond acceptors (Lipinski definition) is 2. The molecule has 0 amide bonds. The Morgan fingerprint density at radius 3 is 2.81 bits per heavy atom. The van der Waals surface area contributed by atoms with Crippen molar-refractivity contribution >= 4 is 5.97 Å². The van der Waals surface area contributed by atoms with Crippen molar-refractivity contribution in [3.8, 4) is 0 Å². The van der Waals surface area contributed by atoms with E-state index >= 15 is 0 Å². The molecule has 0 aromatic carbocycles. The number of hydrogen-bond donors (Lipinski definition) is 2. The van der Waals surface area contributed by atoms with Crippen molar-refractivity contribution in [1.29, 1.82) is 0 Å². The second kappa shape index (κ2) is 3.63. The Labute approximate surface area is 95.1 Å². The first-order valence-electron chi connectivity index (χ1n) is 5.68. The second-order valence-electron chi connectivity index (χ2n) is 4.87. The van der Waals surface area contributed by atoms with Gasteiger partial charge in [0.15, 0.2) is 0 Å². The molecule has 0 fully saturated rings. The van der Waals surface area contributed by atoms with E-state index in [1.165, 1.54) is 0 Å². The summed E-state index contributed by atoms with van der Waals surface area (Å²) in [5.41, 5.74) is 6.71. The zero-order valence-electron chi connectivity index (χ0n) is 9.73. The largest absolute Gasteiger partial charge is 0.480 e. The maximum absolute atomic E-state index is 11.3. The first-order valence-corrected chi connectivity index (χ1v) is 5.68. The Morgan fingerprint density at radius 1 is 1.56 bits per heavy atom. The Balaban J connectivity index is 2.50. The molecule has 4 nitrogen and oxygen atoms in total. The van der Waals surface area contributed by atoms with E-state index in [4.69, 9.17) is 5.73 Å². The van der Waals surface area contributed by atoms with E-state index in [1.54, 1.807) is 0 Å². The van der Waals surface area contributed by atoms with Crippen molar-refractivity contribution in [1.82, 2.24) is 4.57 Å². The molecule has 1 aliphatic rings. The van der Waals surface area contributed by atoms with Crippen LogP contribution in [0.2, 0.25) is 0 Å². The van der Waals surface area contributed by atoms with Gasteiger partial charge < -0.3 is 15.4 Å². The average molecular weight is 222 g/mol. The van der Waals surface area contributed by atoms with Crippen molar-refractivity contribution in [3.63, 3.8) is 0 Å². The average Bonchev–Trinajstić information content (AvgIpc) is 2.63. The molecule has 0 bridgehead atoms. The molecule has 1 aromatic rings. The van der Waals surface area contributed by atoms with Gasteiger partial charge in [0.1, 0.15) is 5.54 Å². The molecule has 0 saturated carbocycles. The highest BCUT2D eigenvalue weighted by atomic mass is 16.4. The van der Waals surface area contributed by atoms with Gasteiger partial charge in [-0.05, 0) is 38.7 Å². The minimum atomic E-state index is -1.19. The summed E-state index contributed by atoms with van der Waals surface area (Å²) in [5.74, 6) is -0.921. The highest BCUT2D eigenvalue weighted by molar-refractivity contribution is 5.81. The zero-order valence-corrected chi connectivity index (χ0v) is 9.73. The first kappa shape index (κ1) is 11.2. The smallest absolute Gasteiger partial charge is 0.328 e. The Hall–Kier alpha value is -1.29. The molecule has 0 spiro atoms. The summed E-state index contributed by atoms with van der Waals surface area (Å²) >= 11 is 0. The molecule has 88 valence electrons. The molecule has 1 heterocycles. The summed E-state index contributed by atoms with van der Waals surface area (Å²) in [5, 5.41) is 9.26. The fraction of sp³-hybridized carbons (Fsp3) is 0.583. The van der Waals surface area contributed by atoms with Gasteiger partial charge in [-0.1, -0.05) is 0 Å². The minimum Gasteiger partial charge on any atom is -0.480 e. The van der Waals surface area contributed by atoms with Gasteiger partial charge in [-0.2, -0.15) is 0 Å². The van der Waals surface area contributed by atoms with Crippen LogP contribution in [-0.2, 0) is 16.8 Å². The molecule has 3 N–H and O–H groups in total. The number of nitrogens with two attached hydrogens (primary N) is 1. The van der Waals surface area contributed by atoms with Crippen LogP contribution in [0.5, 0.6) is 0 Å². The zero-order chi connectivity index (χ0) is 11.9. The van der Waals surface area contributed by atoms with E-state index in [0.717, 1.165) is 24.0 Å². The van der Waals surface area contributed by atoms with Crippen LogP contribution in [0.4, 0.5) is 0 Å². The monoisotopic (exact) mass is 222 g/mol. The number of aryl methyl sites for hydroxylation is 1. The van der Waals surface area contributed by atoms with Crippen LogP contribution < -0.4 is 5.73 Å². The molecule has 1 atom stereocenters. The van der Waals surface area contributed by atoms with Gasteiger partial charge in [-0.3, -0.25) is 0 Å². The third-order valence-electron chi connectivity index (χ3n) is 3.40. The van der Waals surface area contributed by atoms with Crippen LogP contribution in [-0.4, -0.2) is 15.6 Å². The summed E-state index contributed by atoms with van der Waals surface area (Å²) in [6.45, 7) is 4.15. The van der Waals surface area contributed by atoms with E-state index in [9.17, 15) is 9.90 Å². The van der Waals surface area contributed by atoms with Crippen LogP contribution in [0.1, 0.15) is 43.9 Å². The van der Waals surface area contributed by atoms with Crippen molar-refractivity contribution in [2.45, 2.75) is 44.7 Å². The quantitative estimate of drug-likeness (QED) is 0.799. The predicted octanol–water partition coefficient (Wildman–Crippen LogP) is 1.64. The van der Waals surface area contributed by atoms with Gasteiger partial charge in [-0.15, -0.1) is 0 Å². The summed E-state index contributed by atoms with van der Waals surface area (Å²) in [6, 6.07) is 0.337. The van der Waals surface area contributed by atoms with Gasteiger partial charge in [0.25, 0.3) is 0 Å². The summed E-state index contributed by atoms with van der Waals surface area (Å²) in [4.78, 5) is 11.3. The van der Waals surface area contributed by atoms with Gasteiger partial charge in [0.05, 0.1) is 0 Å². The predicted molar refractivity (Wildman–Crippen MR) is 61.3 cm³/mol. The highest BCUT2D eigenvalue weighted by Gasteiger charge is 2.40. The lowest BCUT2D eigenvalue weighted by atomic mass is 9.79. The molecular formula is C12H18N2O2. The number of aliphatic carboxylic acids is 1. The van der Waals surface area contributed by atoms with Gasteiger partial charge in [0.2, 0.25) is 0 Å². The number of fused-ring (bicyclic) bond motifs is 1. The fourth-order valence-electron chi connectivity index (χ4n) is 2.33. The maximum atomic E-state index is 11.3. The van der Waals surface area contributed by atoms with E-state index in [2.05, 4.69) is 13.8 Å². The summed E-state index contributed by atoms with van der Waals surface area (Å²) in [7, 11) is 0. The van der Waals surface area contributed by atoms with Crippen molar-refractivity contribution in [2.24, 2.45) is 5.73 Å². The van der Waals surface area contributed by atoms with Crippen molar-refractivity contribution < 1.29 is 9.90 Å². The number of carboxylic acid groups (broad SMARTS) is 1. The van der Waals surface area contributed by atoms with Crippen LogP contribution >= 0.6 is 0 Å². The van der Waals surface area contributed by atoms with Crippen LogP contribution in [0.15, 0.2) is 12.4 Å². The van der Waals surface area contributed by atoms with Gasteiger partial charge in [0, 0.05) is 24.0 Å². The maximum Gasteiger partial charge on any atom is 0.328 e. The lowest BCUT2D eigenvalue weighted by Gasteiger charge is -2.29. The second-order valence-corrected chi connectivity index (χ2v) is 4.87. The third-order valence-corrected chi connectivity index (χ3v) is 3.40. The lowest BCUT2D eigenvalue weighted by Crippen LogP contribution is -2.46. The van der Waals surface area contributed by atoms with E-state index in [1.807, 2.05) is 17.0 Å². The highest BCUT2D eigenvalue weighted by Crippen LogP contribution is 2.35. The lowest BCUT2D eigenvalue weighted by molar-refractivity contribution is -0.144. The molecule has 16 heavy (non-hydrogen) atoms. The number of carboxylic acids is 1. The molecule has 1 aromatic heterocycles. The Kier molecular flexibility index (Phi) is 2.54. The topological polar surface area (TPSA) is 68.2 Å². The number of carbonyl (C=O) groups is 1. The number of rotatable bonds is 2. The summed E-state index contributed by atoms with van der Waals surface area (Å²) in [6.07, 6.45) is 6.23. The molecule has 4 heteroatoms. The molecule has 0 radical (unpaired) electrons. The molecule has 1 unspecified atom stereocenters. The minimum absolute atomic E-state index is 0.337. The van der Waals surface area contributed by atoms with Crippen LogP contribution in [0.3, 0.4) is 0 Å². The van der Waals surface area contributed by atoms with E-state index in [-0.39, 0.29) is 0 Å². The Bertz CT molecular complexity index is 423. The summed E-state index contributed by atoms with van der Waals surface area (Å²) < 4.78 is 2.04. The van der Waals surface area contributed by atoms with Gasteiger partial charge >= 0.3 is 5.97 Å². The molecule has 1 aliphatic carbocycles. The first-order chi connectivity index (χ1) is 7.45. The van der Waals surface area contributed by atoms with Gasteiger partial charge in [-0.25, -0.2) is 4.79 Å². The molecule has 0 saturated heterocycles. The number of nitrogens with zero attached hydrogens (tertiary/aromatic N) is 1. The third kappa shape index (κ3) is 1.53. The normalized spacial score (nSPS) is 24.5. The van der Waals surface area contributed by atoms with E-state index < -0.39 is 11.5 Å². The van der Waals surface area contributed by atoms with Crippen molar-refractivity contribution in [2.75, 3.05) is 0 Å². The van der Waals surface area contributed by atoms with E-state index in [0.29, 0.717) is 12.5 Å². The molecule has 0 aliphatic heterocycles. The standard InChI is InChI=1S/C12H18N2O2/c1-8(2)14-6-9-4-3-5-12(13,11(15)16)10(9)7-14/h6-8H,3-5,13H2,1-2H3,(H,15,16). The SMILES string of the molecule is CC(C)n1cc2c(c1)C(N)(C(=O)O)CCC2. The molecule has 2 rings (SSSR count). The van der Waals surface area contributed by atoms with Crippen LogP contribution in [0, 0.1) is 0 Å². The fourth-order valence-corrected chi connectivity index (χ4v) is 2.33. The van der Waals surface area contributed by atoms with Crippen LogP contribution in [0.25, 0.3) is 0 Å². The molecular weight excluding hydrogens is 204 g/mol. The van der Waals surface area contributed by atoms with Crippen molar-refractivity contribution in [3.05, 3.63) is 23.5 Å². The Morgan fingerprint density at radius 2 is 2.25 bits per heavy atom. The number of aromatic nitrogens is 1.